The van der Waals surface area contributed by atoms with Crippen molar-refractivity contribution in [2.75, 3.05) is 31.1 Å². The highest BCUT2D eigenvalue weighted by Crippen LogP contribution is 2.19. The minimum Gasteiger partial charge on any atom is -0.396 e. The number of anilines is 1. The van der Waals surface area contributed by atoms with Gasteiger partial charge in [-0.05, 0) is 42.5 Å². The van der Waals surface area contributed by atoms with Crippen LogP contribution in [0.4, 0.5) is 5.69 Å². The van der Waals surface area contributed by atoms with E-state index in [2.05, 4.69) is 23.5 Å². The second kappa shape index (κ2) is 11.0. The molecule has 7 heteroatoms. The smallest absolute Gasteiger partial charge is 0.250 e. The fourth-order valence-corrected chi connectivity index (χ4v) is 3.48. The van der Waals surface area contributed by atoms with Crippen molar-refractivity contribution in [1.29, 1.82) is 5.26 Å². The van der Waals surface area contributed by atoms with Crippen molar-refractivity contribution in [3.63, 3.8) is 0 Å². The quantitative estimate of drug-likeness (QED) is 0.577. The van der Waals surface area contributed by atoms with E-state index in [1.54, 1.807) is 13.0 Å². The number of sulfonamides is 1. The van der Waals surface area contributed by atoms with Crippen molar-refractivity contribution >= 4 is 21.8 Å². The van der Waals surface area contributed by atoms with Gasteiger partial charge in [-0.3, -0.25) is 0 Å². The average Bonchev–Trinajstić information content (AvgIpc) is 2.64. The van der Waals surface area contributed by atoms with Gasteiger partial charge in [0, 0.05) is 31.9 Å². The summed E-state index contributed by atoms with van der Waals surface area (Å²) in [6.45, 7) is 7.88. The third-order valence-corrected chi connectivity index (χ3v) is 5.21. The Morgan fingerprint density at radius 1 is 1.27 bits per heavy atom. The number of rotatable bonds is 11. The molecule has 1 aromatic carbocycles. The molecule has 0 spiro atoms. The van der Waals surface area contributed by atoms with Gasteiger partial charge in [0.1, 0.15) is 6.07 Å². The molecular weight excluding hydrogens is 350 g/mol. The topological polar surface area (TPSA) is 93.4 Å². The molecule has 0 saturated heterocycles. The van der Waals surface area contributed by atoms with E-state index in [0.29, 0.717) is 5.56 Å². The summed E-state index contributed by atoms with van der Waals surface area (Å²) in [6.07, 6.45) is 3.46. The number of aliphatic hydroxyl groups is 1. The monoisotopic (exact) mass is 379 g/mol. The Labute approximate surface area is 157 Å². The van der Waals surface area contributed by atoms with E-state index in [0.717, 1.165) is 31.6 Å². The largest absolute Gasteiger partial charge is 0.396 e. The second-order valence-electron chi connectivity index (χ2n) is 6.34. The molecule has 2 N–H and O–H groups in total. The number of benzene rings is 1. The maximum atomic E-state index is 12.2. The summed E-state index contributed by atoms with van der Waals surface area (Å²) in [5.74, 6) is -0.216. The molecule has 0 aliphatic heterocycles. The van der Waals surface area contributed by atoms with Crippen molar-refractivity contribution in [1.82, 2.24) is 4.72 Å². The number of aliphatic hydroxyl groups excluding tert-OH is 1. The molecule has 0 bridgehead atoms. The third kappa shape index (κ3) is 6.79. The number of nitrogens with one attached hydrogen (secondary N) is 1. The van der Waals surface area contributed by atoms with Gasteiger partial charge < -0.3 is 10.0 Å². The van der Waals surface area contributed by atoms with Gasteiger partial charge >= 0.3 is 0 Å². The first-order chi connectivity index (χ1) is 12.4. The number of hydrogen-bond acceptors (Lipinski definition) is 5. The van der Waals surface area contributed by atoms with Crippen LogP contribution in [0.5, 0.6) is 0 Å². The molecule has 1 unspecified atom stereocenters. The molecule has 0 fully saturated rings. The van der Waals surface area contributed by atoms with Crippen molar-refractivity contribution in [3.05, 3.63) is 34.7 Å². The molecule has 1 rings (SSSR count). The second-order valence-corrected chi connectivity index (χ2v) is 8.07. The van der Waals surface area contributed by atoms with E-state index in [1.165, 1.54) is 6.08 Å². The number of nitriles is 1. The zero-order chi connectivity index (χ0) is 19.6. The molecule has 6 nitrogen and oxygen atoms in total. The zero-order valence-electron chi connectivity index (χ0n) is 15.8. The average molecular weight is 380 g/mol. The van der Waals surface area contributed by atoms with Crippen molar-refractivity contribution < 1.29 is 13.5 Å². The van der Waals surface area contributed by atoms with Crippen LogP contribution in [0.15, 0.2) is 29.2 Å². The Kier molecular flexibility index (Phi) is 9.35. The molecule has 0 radical (unpaired) electrons. The molecule has 0 aromatic heterocycles. The van der Waals surface area contributed by atoms with Crippen LogP contribution in [-0.4, -0.2) is 39.8 Å². The van der Waals surface area contributed by atoms with E-state index in [1.807, 2.05) is 24.3 Å². The fraction of sp³-hybridized carbons (Fsp3) is 0.526. The van der Waals surface area contributed by atoms with E-state index in [9.17, 15) is 13.7 Å². The van der Waals surface area contributed by atoms with Crippen LogP contribution >= 0.6 is 0 Å². The van der Waals surface area contributed by atoms with Crippen LogP contribution < -0.4 is 9.62 Å². The van der Waals surface area contributed by atoms with Crippen LogP contribution in [0, 0.1) is 17.2 Å². The fourth-order valence-electron chi connectivity index (χ4n) is 2.41. The molecule has 0 aliphatic rings. The Morgan fingerprint density at radius 2 is 1.85 bits per heavy atom. The van der Waals surface area contributed by atoms with Gasteiger partial charge in [0.25, 0.3) is 10.0 Å². The molecule has 1 aromatic rings. The number of allylic oxidation sites excluding steroid dienone is 1. The van der Waals surface area contributed by atoms with Crippen LogP contribution in [0.2, 0.25) is 0 Å². The lowest BCUT2D eigenvalue weighted by atomic mass is 10.1. The van der Waals surface area contributed by atoms with Crippen LogP contribution in [-0.2, 0) is 10.0 Å². The summed E-state index contributed by atoms with van der Waals surface area (Å²) in [6, 6.07) is 9.27. The van der Waals surface area contributed by atoms with Gasteiger partial charge in [-0.1, -0.05) is 32.9 Å². The highest BCUT2D eigenvalue weighted by Gasteiger charge is 2.18. The standard InChI is InChI=1S/C19H29N3O3S/c1-4-10-22(11-5-2)18-8-6-17(7-9-18)12-19(13-20)26(24,25)21-14-16(3)15-23/h6-9,12,16,21,23H,4-5,10-11,14-15H2,1-3H3/b19-12+. The first-order valence-electron chi connectivity index (χ1n) is 8.95. The molecule has 0 saturated carbocycles. The third-order valence-electron chi connectivity index (χ3n) is 3.88. The van der Waals surface area contributed by atoms with Crippen LogP contribution in [0.1, 0.15) is 39.2 Å². The van der Waals surface area contributed by atoms with Crippen LogP contribution in [0.25, 0.3) is 6.08 Å². The predicted molar refractivity (Wildman–Crippen MR) is 106 cm³/mol. The zero-order valence-corrected chi connectivity index (χ0v) is 16.6. The van der Waals surface area contributed by atoms with Gasteiger partial charge in [0.05, 0.1) is 0 Å². The van der Waals surface area contributed by atoms with Crippen molar-refractivity contribution in [2.24, 2.45) is 5.92 Å². The highest BCUT2D eigenvalue weighted by atomic mass is 32.2. The Balaban J connectivity index is 2.97. The predicted octanol–water partition coefficient (Wildman–Crippen LogP) is 2.73. The van der Waals surface area contributed by atoms with E-state index >= 15 is 0 Å². The number of hydrogen-bond donors (Lipinski definition) is 2. The molecule has 0 heterocycles. The summed E-state index contributed by atoms with van der Waals surface area (Å²) in [7, 11) is -3.89. The van der Waals surface area contributed by atoms with Crippen LogP contribution in [0.3, 0.4) is 0 Å². The minimum absolute atomic E-state index is 0.0831. The van der Waals surface area contributed by atoms with Crippen molar-refractivity contribution in [3.8, 4) is 6.07 Å². The minimum atomic E-state index is -3.89. The molecule has 0 aliphatic carbocycles. The maximum absolute atomic E-state index is 12.2. The molecule has 144 valence electrons. The first-order valence-corrected chi connectivity index (χ1v) is 10.4. The Bertz CT molecular complexity index is 715. The summed E-state index contributed by atoms with van der Waals surface area (Å²) in [4.78, 5) is 1.95. The normalized spacial score (nSPS) is 13.3. The summed E-state index contributed by atoms with van der Waals surface area (Å²) in [5.41, 5.74) is 1.74. The highest BCUT2D eigenvalue weighted by molar-refractivity contribution is 7.93. The summed E-state index contributed by atoms with van der Waals surface area (Å²) >= 11 is 0. The van der Waals surface area contributed by atoms with Gasteiger partial charge in [0.15, 0.2) is 4.91 Å². The molecule has 1 atom stereocenters. The molecule has 0 amide bonds. The summed E-state index contributed by atoms with van der Waals surface area (Å²) in [5, 5.41) is 18.2. The first kappa shape index (κ1) is 22.2. The van der Waals surface area contributed by atoms with E-state index in [4.69, 9.17) is 5.11 Å². The van der Waals surface area contributed by atoms with Gasteiger partial charge in [-0.15, -0.1) is 0 Å². The van der Waals surface area contributed by atoms with Crippen molar-refractivity contribution in [2.45, 2.75) is 33.6 Å². The van der Waals surface area contributed by atoms with Gasteiger partial charge in [-0.25, -0.2) is 13.1 Å². The Morgan fingerprint density at radius 3 is 2.31 bits per heavy atom. The van der Waals surface area contributed by atoms with Gasteiger partial charge in [-0.2, -0.15) is 5.26 Å². The number of nitrogens with zero attached hydrogens (tertiary/aromatic N) is 2. The molecular formula is C19H29N3O3S. The summed E-state index contributed by atoms with van der Waals surface area (Å²) < 4.78 is 26.8. The molecule has 26 heavy (non-hydrogen) atoms. The lowest BCUT2D eigenvalue weighted by Crippen LogP contribution is -2.30. The van der Waals surface area contributed by atoms with E-state index in [-0.39, 0.29) is 24.0 Å². The Hall–Kier alpha value is -1.88. The SMILES string of the molecule is CCCN(CCC)c1ccc(/C=C(\C#N)S(=O)(=O)NCC(C)CO)cc1. The lowest BCUT2D eigenvalue weighted by Gasteiger charge is -2.23. The maximum Gasteiger partial charge on any atom is 0.250 e. The van der Waals surface area contributed by atoms with E-state index < -0.39 is 10.0 Å². The lowest BCUT2D eigenvalue weighted by molar-refractivity contribution is 0.239. The van der Waals surface area contributed by atoms with Gasteiger partial charge in [0.2, 0.25) is 0 Å².